The van der Waals surface area contributed by atoms with Gasteiger partial charge in [-0.15, -0.1) is 0 Å². The molecule has 0 bridgehead atoms. The van der Waals surface area contributed by atoms with Crippen molar-refractivity contribution >= 4 is 42.3 Å². The van der Waals surface area contributed by atoms with E-state index in [0.717, 1.165) is 0 Å². The van der Waals surface area contributed by atoms with Crippen molar-refractivity contribution in [2.45, 2.75) is 90.8 Å². The van der Waals surface area contributed by atoms with Crippen LogP contribution in [0.3, 0.4) is 0 Å². The summed E-state index contributed by atoms with van der Waals surface area (Å²) in [5.41, 5.74) is -0.403. The molecule has 3 unspecified atom stereocenters. The number of ether oxygens (including phenoxy) is 3. The van der Waals surface area contributed by atoms with Crippen LogP contribution >= 0.6 is 15.9 Å². The van der Waals surface area contributed by atoms with Gasteiger partial charge in [-0.3, -0.25) is 0 Å². The molecule has 0 amide bonds. The van der Waals surface area contributed by atoms with E-state index in [1.54, 1.807) is 18.2 Å². The number of carbonyl (C=O) groups excluding carboxylic acids is 2. The highest BCUT2D eigenvalue weighted by atomic mass is 79.9. The van der Waals surface area contributed by atoms with Gasteiger partial charge < -0.3 is 27.5 Å². The molecule has 0 N–H and O–H groups in total. The summed E-state index contributed by atoms with van der Waals surface area (Å²) in [7, 11) is 0.695. The molecule has 2 aromatic rings. The van der Waals surface area contributed by atoms with E-state index in [1.807, 2.05) is 55.5 Å². The van der Waals surface area contributed by atoms with Gasteiger partial charge in [0.1, 0.15) is 18.6 Å². The molecule has 0 fully saturated rings. The molecule has 0 saturated heterocycles. The average Bonchev–Trinajstić information content (AvgIpc) is 3.68. The lowest BCUT2D eigenvalue weighted by Crippen LogP contribution is -2.51. The summed E-state index contributed by atoms with van der Waals surface area (Å²) in [5.74, 6) is -0.480. The van der Waals surface area contributed by atoms with Crippen LogP contribution in [0.5, 0.6) is 0 Å². The zero-order chi connectivity index (χ0) is 35.3. The summed E-state index contributed by atoms with van der Waals surface area (Å²) >= 11 is 3.19. The van der Waals surface area contributed by atoms with E-state index in [1.165, 1.54) is 19.6 Å². The van der Waals surface area contributed by atoms with E-state index in [0.29, 0.717) is 18.7 Å². The largest absolute Gasteiger partial charge is 0.464 e. The van der Waals surface area contributed by atoms with Crippen LogP contribution in [-0.2, 0) is 25.1 Å². The molecule has 0 radical (unpaired) electrons. The van der Waals surface area contributed by atoms with E-state index < -0.39 is 31.8 Å². The Morgan fingerprint density at radius 3 is 2.23 bits per heavy atom. The van der Waals surface area contributed by atoms with Crippen LogP contribution in [0.1, 0.15) is 80.7 Å². The quantitative estimate of drug-likeness (QED) is 0.0676. The van der Waals surface area contributed by atoms with Crippen molar-refractivity contribution in [3.63, 3.8) is 0 Å². The highest BCUT2D eigenvalue weighted by Gasteiger charge is 2.45. The first kappa shape index (κ1) is 39.9. The molecule has 12 heteroatoms. The van der Waals surface area contributed by atoms with Crippen molar-refractivity contribution in [1.82, 2.24) is 9.97 Å². The van der Waals surface area contributed by atoms with Crippen molar-refractivity contribution in [2.24, 2.45) is 5.41 Å². The van der Waals surface area contributed by atoms with Crippen LogP contribution < -0.4 is 0 Å². The second-order valence-electron chi connectivity index (χ2n) is 12.9. The molecular weight excluding hydrogens is 684 g/mol. The first-order valence-electron chi connectivity index (χ1n) is 15.4. The highest BCUT2D eigenvalue weighted by molar-refractivity contribution is 9.11. The van der Waals surface area contributed by atoms with Crippen molar-refractivity contribution in [3.8, 4) is 0 Å². The number of nitrogens with zero attached hydrogens (tertiary/aromatic N) is 2. The molecule has 258 valence electrons. The lowest BCUT2D eigenvalue weighted by atomic mass is 9.79. The van der Waals surface area contributed by atoms with Crippen LogP contribution in [-0.4, -0.2) is 62.8 Å². The summed E-state index contributed by atoms with van der Waals surface area (Å²) in [6.45, 7) is 17.1. The van der Waals surface area contributed by atoms with Crippen molar-refractivity contribution in [2.75, 3.05) is 14.2 Å². The van der Waals surface area contributed by atoms with Crippen LogP contribution in [0.25, 0.3) is 6.08 Å². The van der Waals surface area contributed by atoms with E-state index in [-0.39, 0.29) is 34.5 Å². The Bertz CT molecular complexity index is 1450. The van der Waals surface area contributed by atoms with Gasteiger partial charge in [0.2, 0.25) is 5.89 Å². The van der Waals surface area contributed by atoms with Crippen LogP contribution in [0.2, 0.25) is 18.1 Å². The van der Waals surface area contributed by atoms with Crippen molar-refractivity contribution < 1.29 is 37.1 Å². The van der Waals surface area contributed by atoms with Gasteiger partial charge in [0.05, 0.1) is 25.7 Å². The lowest BCUT2D eigenvalue weighted by Gasteiger charge is -2.45. The SMILES string of the molecule is C/C=C/C(O[Si](C)(C)C(C)(C)C)C(C)(C)C(C\C=C/C=C\C=C\C(Cc1nc(C(=O)OC)co1)OC)OC(=O)c1coc(/C=C\Br)n1. The number of halogens is 1. The molecule has 2 heterocycles. The summed E-state index contributed by atoms with van der Waals surface area (Å²) in [6, 6.07) is 0. The van der Waals surface area contributed by atoms with Gasteiger partial charge in [0, 0.05) is 25.0 Å². The Kier molecular flexibility index (Phi) is 15.5. The molecule has 2 aromatic heterocycles. The molecule has 0 saturated carbocycles. The second kappa shape index (κ2) is 18.3. The summed E-state index contributed by atoms with van der Waals surface area (Å²) in [6.07, 6.45) is 19.1. The molecule has 47 heavy (non-hydrogen) atoms. The summed E-state index contributed by atoms with van der Waals surface area (Å²) in [5, 5.41) is -0.00432. The molecule has 3 atom stereocenters. The maximum absolute atomic E-state index is 13.3. The molecular formula is C35H49BrN2O8Si. The zero-order valence-electron chi connectivity index (χ0n) is 29.1. The molecule has 10 nitrogen and oxygen atoms in total. The summed E-state index contributed by atoms with van der Waals surface area (Å²) < 4.78 is 33.9. The number of hydrogen-bond donors (Lipinski definition) is 0. The molecule has 2 rings (SSSR count). The topological polar surface area (TPSA) is 123 Å². The Morgan fingerprint density at radius 1 is 0.957 bits per heavy atom. The van der Waals surface area contributed by atoms with Gasteiger partial charge in [0.25, 0.3) is 0 Å². The third-order valence-electron chi connectivity index (χ3n) is 8.11. The van der Waals surface area contributed by atoms with Crippen LogP contribution in [0, 0.1) is 5.41 Å². The third kappa shape index (κ3) is 12.0. The Balaban J connectivity index is 2.22. The van der Waals surface area contributed by atoms with Gasteiger partial charge in [-0.25, -0.2) is 19.6 Å². The average molecular weight is 734 g/mol. The molecule has 0 spiro atoms. The summed E-state index contributed by atoms with van der Waals surface area (Å²) in [4.78, 5) is 34.8. The Hall–Kier alpha value is -3.32. The molecule has 0 aliphatic rings. The van der Waals surface area contributed by atoms with E-state index in [2.05, 4.69) is 78.3 Å². The fraction of sp³-hybridized carbons (Fsp3) is 0.486. The minimum Gasteiger partial charge on any atom is -0.464 e. The number of aromatic nitrogens is 2. The van der Waals surface area contributed by atoms with Crippen LogP contribution in [0.15, 0.2) is 75.0 Å². The third-order valence-corrected chi connectivity index (χ3v) is 12.8. The number of allylic oxidation sites excluding steroid dienone is 5. The number of oxazole rings is 2. The van der Waals surface area contributed by atoms with Crippen LogP contribution in [0.4, 0.5) is 0 Å². The monoisotopic (exact) mass is 732 g/mol. The van der Waals surface area contributed by atoms with E-state index in [9.17, 15) is 9.59 Å². The fourth-order valence-corrected chi connectivity index (χ4v) is 5.70. The predicted molar refractivity (Wildman–Crippen MR) is 189 cm³/mol. The fourth-order valence-electron chi connectivity index (χ4n) is 4.10. The first-order chi connectivity index (χ1) is 22.1. The van der Waals surface area contributed by atoms with E-state index >= 15 is 0 Å². The van der Waals surface area contributed by atoms with Gasteiger partial charge >= 0.3 is 11.9 Å². The smallest absolute Gasteiger partial charge is 0.360 e. The molecule has 0 aliphatic carbocycles. The zero-order valence-corrected chi connectivity index (χ0v) is 31.7. The number of rotatable bonds is 17. The standard InChI is InChI=1S/C35H49BrN2O8Si/c1-11-17-29(46-47(9,10)34(2,3)4)35(5,6)28(45-33(40)27-24-43-30(37-27)20-21-36)19-16-14-12-13-15-18-25(41-7)22-31-38-26(23-44-31)32(39)42-8/h11-18,20-21,23-25,28-29H,19,22H2,1-10H3/b13-12-,16-14-,17-11+,18-15+,21-20-. The van der Waals surface area contributed by atoms with E-state index in [4.69, 9.17) is 22.7 Å². The van der Waals surface area contributed by atoms with Gasteiger partial charge in [-0.05, 0) is 30.0 Å². The van der Waals surface area contributed by atoms with Crippen molar-refractivity contribution in [1.29, 1.82) is 0 Å². The predicted octanol–water partition coefficient (Wildman–Crippen LogP) is 8.65. The minimum absolute atomic E-state index is 0.00432. The first-order valence-corrected chi connectivity index (χ1v) is 19.2. The normalized spacial score (nSPS) is 15.4. The maximum atomic E-state index is 13.3. The number of carbonyl (C=O) groups is 2. The Labute approximate surface area is 288 Å². The minimum atomic E-state index is -2.18. The Morgan fingerprint density at radius 2 is 1.62 bits per heavy atom. The number of hydrogen-bond acceptors (Lipinski definition) is 10. The number of methoxy groups -OCH3 is 2. The maximum Gasteiger partial charge on any atom is 0.360 e. The highest BCUT2D eigenvalue weighted by Crippen LogP contribution is 2.42. The second-order valence-corrected chi connectivity index (χ2v) is 18.2. The lowest BCUT2D eigenvalue weighted by molar-refractivity contribution is -0.0420. The van der Waals surface area contributed by atoms with Crippen molar-refractivity contribution in [3.05, 3.63) is 89.3 Å². The van der Waals surface area contributed by atoms with Gasteiger partial charge in [0.15, 0.2) is 25.6 Å². The van der Waals surface area contributed by atoms with Gasteiger partial charge in [-0.1, -0.05) is 99.2 Å². The van der Waals surface area contributed by atoms with Gasteiger partial charge in [-0.2, -0.15) is 0 Å². The molecule has 0 aliphatic heterocycles. The molecule has 0 aromatic carbocycles. The number of esters is 2.